The lowest BCUT2D eigenvalue weighted by Crippen LogP contribution is -2.08. The van der Waals surface area contributed by atoms with Crippen LogP contribution in [0.2, 0.25) is 0 Å². The van der Waals surface area contributed by atoms with Crippen molar-refractivity contribution in [2.45, 2.75) is 0 Å². The maximum Gasteiger partial charge on any atom is 0.122 e. The van der Waals surface area contributed by atoms with E-state index in [1.54, 1.807) is 7.11 Å². The first kappa shape index (κ1) is 12.3. The van der Waals surface area contributed by atoms with E-state index in [0.29, 0.717) is 13.2 Å². The first-order chi connectivity index (χ1) is 8.88. The van der Waals surface area contributed by atoms with Gasteiger partial charge < -0.3 is 14.2 Å². The molecule has 0 heterocycles. The zero-order chi connectivity index (χ0) is 12.6. The van der Waals surface area contributed by atoms with Gasteiger partial charge in [-0.25, -0.2) is 0 Å². The average molecular weight is 244 g/mol. The minimum atomic E-state index is 0.515. The van der Waals surface area contributed by atoms with E-state index in [0.717, 1.165) is 17.2 Å². The highest BCUT2D eigenvalue weighted by Gasteiger charge is 1.96. The minimum Gasteiger partial charge on any atom is -0.497 e. The van der Waals surface area contributed by atoms with Crippen molar-refractivity contribution in [3.8, 4) is 17.2 Å². The van der Waals surface area contributed by atoms with Crippen molar-refractivity contribution in [2.24, 2.45) is 0 Å². The van der Waals surface area contributed by atoms with Gasteiger partial charge in [0.2, 0.25) is 0 Å². The standard InChI is InChI=1S/C15H16O3/c1-16-13-7-9-15(10-8-13)18-12-11-17-14-5-3-2-4-6-14/h2-10H,11-12H2,1H3. The average Bonchev–Trinajstić information content (AvgIpc) is 2.45. The maximum absolute atomic E-state index is 5.55. The van der Waals surface area contributed by atoms with E-state index in [2.05, 4.69) is 0 Å². The summed E-state index contributed by atoms with van der Waals surface area (Å²) in [6.45, 7) is 1.04. The Morgan fingerprint density at radius 3 is 1.72 bits per heavy atom. The van der Waals surface area contributed by atoms with Gasteiger partial charge in [0.15, 0.2) is 0 Å². The maximum atomic E-state index is 5.55. The molecule has 3 nitrogen and oxygen atoms in total. The van der Waals surface area contributed by atoms with Crippen molar-refractivity contribution in [3.05, 3.63) is 54.6 Å². The van der Waals surface area contributed by atoms with E-state index in [-0.39, 0.29) is 0 Å². The van der Waals surface area contributed by atoms with Gasteiger partial charge in [-0.2, -0.15) is 0 Å². The zero-order valence-electron chi connectivity index (χ0n) is 10.3. The number of para-hydroxylation sites is 1. The van der Waals surface area contributed by atoms with Crippen molar-refractivity contribution in [2.75, 3.05) is 20.3 Å². The van der Waals surface area contributed by atoms with Crippen LogP contribution in [0.4, 0.5) is 0 Å². The number of hydrogen-bond donors (Lipinski definition) is 0. The highest BCUT2D eigenvalue weighted by atomic mass is 16.5. The Kier molecular flexibility index (Phi) is 4.47. The molecule has 0 saturated carbocycles. The minimum absolute atomic E-state index is 0.515. The molecule has 0 fully saturated rings. The third kappa shape index (κ3) is 3.70. The Morgan fingerprint density at radius 2 is 1.17 bits per heavy atom. The molecule has 0 atom stereocenters. The summed E-state index contributed by atoms with van der Waals surface area (Å²) in [5.41, 5.74) is 0. The number of rotatable bonds is 6. The molecule has 0 amide bonds. The molecule has 18 heavy (non-hydrogen) atoms. The van der Waals surface area contributed by atoms with Crippen LogP contribution in [0.15, 0.2) is 54.6 Å². The summed E-state index contributed by atoms with van der Waals surface area (Å²) < 4.78 is 16.1. The lowest BCUT2D eigenvalue weighted by Gasteiger charge is -2.08. The Balaban J connectivity index is 1.72. The van der Waals surface area contributed by atoms with Crippen molar-refractivity contribution >= 4 is 0 Å². The third-order valence-corrected chi connectivity index (χ3v) is 2.42. The molecule has 0 aliphatic rings. The second-order valence-electron chi connectivity index (χ2n) is 3.69. The molecule has 0 aromatic heterocycles. The highest BCUT2D eigenvalue weighted by Crippen LogP contribution is 2.17. The van der Waals surface area contributed by atoms with Gasteiger partial charge in [0.1, 0.15) is 30.5 Å². The number of ether oxygens (including phenoxy) is 3. The Bertz CT molecular complexity index is 451. The lowest BCUT2D eigenvalue weighted by atomic mass is 10.3. The summed E-state index contributed by atoms with van der Waals surface area (Å²) >= 11 is 0. The molecule has 2 rings (SSSR count). The largest absolute Gasteiger partial charge is 0.497 e. The molecule has 0 N–H and O–H groups in total. The smallest absolute Gasteiger partial charge is 0.122 e. The second-order valence-corrected chi connectivity index (χ2v) is 3.69. The van der Waals surface area contributed by atoms with Gasteiger partial charge in [0, 0.05) is 0 Å². The molecule has 0 unspecified atom stereocenters. The monoisotopic (exact) mass is 244 g/mol. The summed E-state index contributed by atoms with van der Waals surface area (Å²) in [5.74, 6) is 2.49. The van der Waals surface area contributed by atoms with Crippen LogP contribution in [0.3, 0.4) is 0 Å². The van der Waals surface area contributed by atoms with Crippen LogP contribution >= 0.6 is 0 Å². The lowest BCUT2D eigenvalue weighted by molar-refractivity contribution is 0.217. The van der Waals surface area contributed by atoms with E-state index in [4.69, 9.17) is 14.2 Å². The summed E-state index contributed by atoms with van der Waals surface area (Å²) in [7, 11) is 1.64. The molecule has 3 heteroatoms. The predicted octanol–water partition coefficient (Wildman–Crippen LogP) is 3.15. The summed E-state index contributed by atoms with van der Waals surface area (Å²) in [4.78, 5) is 0. The van der Waals surface area contributed by atoms with Crippen molar-refractivity contribution < 1.29 is 14.2 Å². The van der Waals surface area contributed by atoms with Gasteiger partial charge in [-0.15, -0.1) is 0 Å². The number of benzene rings is 2. The first-order valence-electron chi connectivity index (χ1n) is 5.83. The molecule has 0 radical (unpaired) electrons. The quantitative estimate of drug-likeness (QED) is 0.730. The number of methoxy groups -OCH3 is 1. The van der Waals surface area contributed by atoms with Crippen LogP contribution in [0.25, 0.3) is 0 Å². The fourth-order valence-electron chi connectivity index (χ4n) is 1.51. The van der Waals surface area contributed by atoms with Crippen LogP contribution in [0, 0.1) is 0 Å². The first-order valence-corrected chi connectivity index (χ1v) is 5.83. The molecule has 94 valence electrons. The molecule has 2 aromatic carbocycles. The van der Waals surface area contributed by atoms with Gasteiger partial charge in [-0.3, -0.25) is 0 Å². The van der Waals surface area contributed by atoms with Gasteiger partial charge in [0.05, 0.1) is 7.11 Å². The SMILES string of the molecule is COc1ccc(OCCOc2ccccc2)cc1. The molecule has 0 aliphatic carbocycles. The third-order valence-electron chi connectivity index (χ3n) is 2.42. The Morgan fingerprint density at radius 1 is 0.667 bits per heavy atom. The van der Waals surface area contributed by atoms with E-state index in [1.165, 1.54) is 0 Å². The predicted molar refractivity (Wildman–Crippen MR) is 70.4 cm³/mol. The molecular formula is C15H16O3. The van der Waals surface area contributed by atoms with E-state index >= 15 is 0 Å². The molecule has 0 spiro atoms. The van der Waals surface area contributed by atoms with E-state index in [1.807, 2.05) is 54.6 Å². The van der Waals surface area contributed by atoms with Gasteiger partial charge in [-0.05, 0) is 36.4 Å². The van der Waals surface area contributed by atoms with E-state index in [9.17, 15) is 0 Å². The van der Waals surface area contributed by atoms with Gasteiger partial charge >= 0.3 is 0 Å². The zero-order valence-corrected chi connectivity index (χ0v) is 10.3. The van der Waals surface area contributed by atoms with Crippen LogP contribution in [-0.4, -0.2) is 20.3 Å². The van der Waals surface area contributed by atoms with Crippen LogP contribution < -0.4 is 14.2 Å². The van der Waals surface area contributed by atoms with Crippen LogP contribution in [0.1, 0.15) is 0 Å². The van der Waals surface area contributed by atoms with Crippen molar-refractivity contribution in [3.63, 3.8) is 0 Å². The second kappa shape index (κ2) is 6.55. The summed E-state index contributed by atoms with van der Waals surface area (Å²) in [6.07, 6.45) is 0. The summed E-state index contributed by atoms with van der Waals surface area (Å²) in [6, 6.07) is 17.2. The van der Waals surface area contributed by atoms with Crippen molar-refractivity contribution in [1.29, 1.82) is 0 Å². The molecular weight excluding hydrogens is 228 g/mol. The Labute approximate surface area is 107 Å². The fraction of sp³-hybridized carbons (Fsp3) is 0.200. The van der Waals surface area contributed by atoms with Gasteiger partial charge in [0.25, 0.3) is 0 Å². The normalized spacial score (nSPS) is 9.83. The molecule has 0 aliphatic heterocycles. The molecule has 2 aromatic rings. The van der Waals surface area contributed by atoms with Crippen LogP contribution in [-0.2, 0) is 0 Å². The van der Waals surface area contributed by atoms with Crippen molar-refractivity contribution in [1.82, 2.24) is 0 Å². The summed E-state index contributed by atoms with van der Waals surface area (Å²) in [5, 5.41) is 0. The fourth-order valence-corrected chi connectivity index (χ4v) is 1.51. The van der Waals surface area contributed by atoms with Gasteiger partial charge in [-0.1, -0.05) is 18.2 Å². The highest BCUT2D eigenvalue weighted by molar-refractivity contribution is 5.31. The topological polar surface area (TPSA) is 27.7 Å². The Hall–Kier alpha value is -2.16. The molecule has 0 bridgehead atoms. The molecule has 0 saturated heterocycles. The van der Waals surface area contributed by atoms with Crippen LogP contribution in [0.5, 0.6) is 17.2 Å². The number of hydrogen-bond acceptors (Lipinski definition) is 3. The van der Waals surface area contributed by atoms with E-state index < -0.39 is 0 Å².